The standard InChI is InChI=1S/C14H20ClNO2/c15-12-1-3-13(4-2-12)18-10-7-14(17)11-5-8-16-9-6-11/h1-4,11,14,16-17H,5-10H2. The molecule has 2 N–H and O–H groups in total. The molecule has 1 atom stereocenters. The van der Waals surface area contributed by atoms with Crippen molar-refractivity contribution < 1.29 is 9.84 Å². The molecular weight excluding hydrogens is 250 g/mol. The van der Waals surface area contributed by atoms with Gasteiger partial charge in [0.25, 0.3) is 0 Å². The molecule has 1 aromatic rings. The van der Waals surface area contributed by atoms with Gasteiger partial charge in [-0.15, -0.1) is 0 Å². The summed E-state index contributed by atoms with van der Waals surface area (Å²) in [5, 5.41) is 14.1. The van der Waals surface area contributed by atoms with Crippen LogP contribution in [0.15, 0.2) is 24.3 Å². The number of aliphatic hydroxyl groups is 1. The summed E-state index contributed by atoms with van der Waals surface area (Å²) in [6.07, 6.45) is 2.55. The number of hydrogen-bond acceptors (Lipinski definition) is 3. The van der Waals surface area contributed by atoms with E-state index in [9.17, 15) is 5.11 Å². The summed E-state index contributed by atoms with van der Waals surface area (Å²) in [5.74, 6) is 1.22. The fourth-order valence-corrected chi connectivity index (χ4v) is 2.42. The predicted molar refractivity (Wildman–Crippen MR) is 73.2 cm³/mol. The zero-order chi connectivity index (χ0) is 12.8. The molecule has 1 unspecified atom stereocenters. The number of halogens is 1. The van der Waals surface area contributed by atoms with E-state index in [0.29, 0.717) is 24.0 Å². The Labute approximate surface area is 113 Å². The third-order valence-corrected chi connectivity index (χ3v) is 3.68. The molecule has 1 aromatic carbocycles. The molecule has 1 aliphatic rings. The molecule has 1 heterocycles. The normalized spacial score (nSPS) is 18.6. The highest BCUT2D eigenvalue weighted by Crippen LogP contribution is 2.20. The van der Waals surface area contributed by atoms with Gasteiger partial charge in [-0.3, -0.25) is 0 Å². The van der Waals surface area contributed by atoms with E-state index in [-0.39, 0.29) is 6.10 Å². The maximum Gasteiger partial charge on any atom is 0.119 e. The molecule has 1 saturated heterocycles. The molecule has 3 nitrogen and oxygen atoms in total. The van der Waals surface area contributed by atoms with E-state index >= 15 is 0 Å². The Bertz CT molecular complexity index is 349. The van der Waals surface area contributed by atoms with E-state index < -0.39 is 0 Å². The molecule has 0 aliphatic carbocycles. The number of benzene rings is 1. The summed E-state index contributed by atoms with van der Waals surface area (Å²) >= 11 is 5.80. The summed E-state index contributed by atoms with van der Waals surface area (Å²) < 4.78 is 5.59. The van der Waals surface area contributed by atoms with Gasteiger partial charge < -0.3 is 15.2 Å². The Morgan fingerprint density at radius 1 is 1.28 bits per heavy atom. The van der Waals surface area contributed by atoms with Crippen molar-refractivity contribution in [2.45, 2.75) is 25.4 Å². The fourth-order valence-electron chi connectivity index (χ4n) is 2.29. The van der Waals surface area contributed by atoms with Crippen LogP contribution < -0.4 is 10.1 Å². The second-order valence-electron chi connectivity index (χ2n) is 4.75. The van der Waals surface area contributed by atoms with Crippen molar-refractivity contribution in [3.05, 3.63) is 29.3 Å². The zero-order valence-corrected chi connectivity index (χ0v) is 11.2. The van der Waals surface area contributed by atoms with Gasteiger partial charge in [0.2, 0.25) is 0 Å². The third kappa shape index (κ3) is 4.16. The Kier molecular flexibility index (Phi) is 5.29. The van der Waals surface area contributed by atoms with E-state index in [0.717, 1.165) is 31.7 Å². The lowest BCUT2D eigenvalue weighted by Crippen LogP contribution is -2.34. The first-order valence-corrected chi connectivity index (χ1v) is 6.90. The molecule has 0 aromatic heterocycles. The Hall–Kier alpha value is -0.770. The minimum Gasteiger partial charge on any atom is -0.493 e. The minimum absolute atomic E-state index is 0.251. The van der Waals surface area contributed by atoms with Gasteiger partial charge in [-0.1, -0.05) is 11.6 Å². The Morgan fingerprint density at radius 2 is 1.94 bits per heavy atom. The average molecular weight is 270 g/mol. The van der Waals surface area contributed by atoms with Gasteiger partial charge in [0.05, 0.1) is 12.7 Å². The largest absolute Gasteiger partial charge is 0.493 e. The quantitative estimate of drug-likeness (QED) is 0.863. The van der Waals surface area contributed by atoms with Crippen LogP contribution >= 0.6 is 11.6 Å². The first kappa shape index (κ1) is 13.7. The molecule has 100 valence electrons. The molecule has 0 amide bonds. The number of ether oxygens (including phenoxy) is 1. The summed E-state index contributed by atoms with van der Waals surface area (Å²) in [7, 11) is 0. The van der Waals surface area contributed by atoms with E-state index in [1.807, 2.05) is 12.1 Å². The summed E-state index contributed by atoms with van der Waals surface area (Å²) in [6.45, 7) is 2.58. The number of rotatable bonds is 5. The van der Waals surface area contributed by atoms with E-state index in [4.69, 9.17) is 16.3 Å². The van der Waals surface area contributed by atoms with Crippen molar-refractivity contribution >= 4 is 11.6 Å². The topological polar surface area (TPSA) is 41.5 Å². The lowest BCUT2D eigenvalue weighted by Gasteiger charge is -2.27. The Balaban J connectivity index is 1.69. The lowest BCUT2D eigenvalue weighted by atomic mass is 9.91. The summed E-state index contributed by atoms with van der Waals surface area (Å²) in [4.78, 5) is 0. The molecular formula is C14H20ClNO2. The summed E-state index contributed by atoms with van der Waals surface area (Å²) in [5.41, 5.74) is 0. The summed E-state index contributed by atoms with van der Waals surface area (Å²) in [6, 6.07) is 7.30. The molecule has 18 heavy (non-hydrogen) atoms. The van der Waals surface area contributed by atoms with Gasteiger partial charge in [0.1, 0.15) is 5.75 Å². The van der Waals surface area contributed by atoms with Crippen molar-refractivity contribution in [1.29, 1.82) is 0 Å². The van der Waals surface area contributed by atoms with Crippen molar-refractivity contribution in [3.8, 4) is 5.75 Å². The molecule has 0 saturated carbocycles. The Morgan fingerprint density at radius 3 is 2.61 bits per heavy atom. The number of aliphatic hydroxyl groups excluding tert-OH is 1. The number of piperidine rings is 1. The molecule has 1 fully saturated rings. The van der Waals surface area contributed by atoms with Crippen LogP contribution in [0.4, 0.5) is 0 Å². The zero-order valence-electron chi connectivity index (χ0n) is 10.4. The lowest BCUT2D eigenvalue weighted by molar-refractivity contribution is 0.0674. The van der Waals surface area contributed by atoms with E-state index in [2.05, 4.69) is 5.32 Å². The maximum atomic E-state index is 10.1. The molecule has 2 rings (SSSR count). The van der Waals surface area contributed by atoms with Crippen molar-refractivity contribution in [1.82, 2.24) is 5.32 Å². The first-order chi connectivity index (χ1) is 8.75. The molecule has 4 heteroatoms. The van der Waals surface area contributed by atoms with Crippen LogP contribution in [0.3, 0.4) is 0 Å². The van der Waals surface area contributed by atoms with Gasteiger partial charge in [-0.05, 0) is 56.1 Å². The molecule has 0 radical (unpaired) electrons. The van der Waals surface area contributed by atoms with Gasteiger partial charge in [0, 0.05) is 11.4 Å². The van der Waals surface area contributed by atoms with Crippen LogP contribution in [0.5, 0.6) is 5.75 Å². The van der Waals surface area contributed by atoms with Crippen LogP contribution in [-0.4, -0.2) is 30.9 Å². The monoisotopic (exact) mass is 269 g/mol. The van der Waals surface area contributed by atoms with Crippen LogP contribution in [-0.2, 0) is 0 Å². The first-order valence-electron chi connectivity index (χ1n) is 6.53. The van der Waals surface area contributed by atoms with Crippen LogP contribution in [0.2, 0.25) is 5.02 Å². The van der Waals surface area contributed by atoms with Gasteiger partial charge in [0.15, 0.2) is 0 Å². The van der Waals surface area contributed by atoms with Gasteiger partial charge in [-0.2, -0.15) is 0 Å². The van der Waals surface area contributed by atoms with Crippen LogP contribution in [0.25, 0.3) is 0 Å². The highest BCUT2D eigenvalue weighted by molar-refractivity contribution is 6.30. The van der Waals surface area contributed by atoms with E-state index in [1.54, 1.807) is 12.1 Å². The average Bonchev–Trinajstić information content (AvgIpc) is 2.42. The maximum absolute atomic E-state index is 10.1. The van der Waals surface area contributed by atoms with Crippen molar-refractivity contribution in [2.24, 2.45) is 5.92 Å². The van der Waals surface area contributed by atoms with E-state index in [1.165, 1.54) is 0 Å². The highest BCUT2D eigenvalue weighted by atomic mass is 35.5. The smallest absolute Gasteiger partial charge is 0.119 e. The second kappa shape index (κ2) is 6.98. The molecule has 1 aliphatic heterocycles. The number of nitrogens with one attached hydrogen (secondary N) is 1. The van der Waals surface area contributed by atoms with Gasteiger partial charge >= 0.3 is 0 Å². The molecule has 0 bridgehead atoms. The minimum atomic E-state index is -0.251. The third-order valence-electron chi connectivity index (χ3n) is 3.42. The van der Waals surface area contributed by atoms with Crippen molar-refractivity contribution in [2.75, 3.05) is 19.7 Å². The fraction of sp³-hybridized carbons (Fsp3) is 0.571. The second-order valence-corrected chi connectivity index (χ2v) is 5.18. The van der Waals surface area contributed by atoms with Crippen molar-refractivity contribution in [3.63, 3.8) is 0 Å². The van der Waals surface area contributed by atoms with Gasteiger partial charge in [-0.25, -0.2) is 0 Å². The van der Waals surface area contributed by atoms with Crippen LogP contribution in [0.1, 0.15) is 19.3 Å². The highest BCUT2D eigenvalue weighted by Gasteiger charge is 2.21. The van der Waals surface area contributed by atoms with Crippen LogP contribution in [0, 0.1) is 5.92 Å². The SMILES string of the molecule is OC(CCOc1ccc(Cl)cc1)C1CCNCC1. The predicted octanol–water partition coefficient (Wildman–Crippen LogP) is 2.47. The molecule has 0 spiro atoms. The number of hydrogen-bond donors (Lipinski definition) is 2.